The number of halogens is 3. The van der Waals surface area contributed by atoms with Gasteiger partial charge >= 0.3 is 44.6 Å². The predicted octanol–water partition coefficient (Wildman–Crippen LogP) is 0.657. The molecule has 24 heteroatoms. The molecule has 41 heavy (non-hydrogen) atoms. The molecule has 0 spiro atoms. The van der Waals surface area contributed by atoms with Crippen LogP contribution in [0.15, 0.2) is 29.2 Å². The molecule has 0 fully saturated rings. The first-order chi connectivity index (χ1) is 18.5. The number of ether oxygens (including phenoxy) is 1. The number of carbonyl (C=O) groups excluding carboxylic acids is 2. The van der Waals surface area contributed by atoms with Crippen molar-refractivity contribution in [3.8, 4) is 0 Å². The van der Waals surface area contributed by atoms with E-state index in [0.717, 1.165) is 12.1 Å². The molecule has 234 valence electrons. The SMILES string of the molecule is O=C(Cc1ccc(SC(F)(F)F)cc1)OC(=O)CN(CP(=O)(O)O)CP(=O)(O)O.O=C(O)C(O)SSC(O)C(=O)O. The molecular weight excluding hydrogens is 673 g/mol. The summed E-state index contributed by atoms with van der Waals surface area (Å²) in [5.74, 6) is -5.39. The lowest BCUT2D eigenvalue weighted by molar-refractivity contribution is -0.159. The van der Waals surface area contributed by atoms with Crippen LogP contribution in [-0.4, -0.2) is 104 Å². The standard InChI is InChI=1S/C13H16F3NO9P2S.C4H6O6S2/c14-13(15,16)29-10-3-1-9(2-4-10)5-11(18)26-12(19)6-17(7-27(20,21)22)8-28(23,24)25;5-1(6)3(9)11-12-4(10)2(7)8/h1-4H,5-8H2,(H2,20,21,22)(H2,23,24,25);3-4,9-10H,(H,5,6)(H,7,8). The zero-order valence-electron chi connectivity index (χ0n) is 19.9. The molecule has 1 rings (SSSR count). The van der Waals surface area contributed by atoms with Gasteiger partial charge in [0.15, 0.2) is 0 Å². The van der Waals surface area contributed by atoms with Gasteiger partial charge in [-0.2, -0.15) is 13.2 Å². The molecule has 0 aliphatic carbocycles. The van der Waals surface area contributed by atoms with E-state index >= 15 is 0 Å². The van der Waals surface area contributed by atoms with Crippen LogP contribution in [0.4, 0.5) is 13.2 Å². The summed E-state index contributed by atoms with van der Waals surface area (Å²) < 4.78 is 63.2. The molecule has 0 aromatic heterocycles. The van der Waals surface area contributed by atoms with E-state index < -0.39 is 81.0 Å². The van der Waals surface area contributed by atoms with E-state index in [1.54, 1.807) is 0 Å². The number of alkyl halides is 3. The fourth-order valence-corrected chi connectivity index (χ4v) is 5.85. The van der Waals surface area contributed by atoms with E-state index in [1.165, 1.54) is 12.1 Å². The molecule has 0 aliphatic rings. The van der Waals surface area contributed by atoms with Crippen molar-refractivity contribution < 1.29 is 86.2 Å². The number of aliphatic hydroxyl groups excluding tert-OH is 2. The smallest absolute Gasteiger partial charge is 0.446 e. The van der Waals surface area contributed by atoms with Crippen molar-refractivity contribution in [3.63, 3.8) is 0 Å². The Morgan fingerprint density at radius 1 is 0.829 bits per heavy atom. The van der Waals surface area contributed by atoms with Crippen molar-refractivity contribution >= 4 is 72.4 Å². The summed E-state index contributed by atoms with van der Waals surface area (Å²) in [7, 11) is -8.80. The molecular formula is C17H22F3NO15P2S3. The summed E-state index contributed by atoms with van der Waals surface area (Å²) >= 11 is -0.349. The number of benzene rings is 1. The zero-order chi connectivity index (χ0) is 32.2. The van der Waals surface area contributed by atoms with Crippen LogP contribution >= 0.6 is 48.5 Å². The zero-order valence-corrected chi connectivity index (χ0v) is 24.2. The van der Waals surface area contributed by atoms with Gasteiger partial charge in [0.1, 0.15) is 12.6 Å². The Balaban J connectivity index is 0.00000112. The van der Waals surface area contributed by atoms with Crippen LogP contribution in [-0.2, 0) is 39.5 Å². The third-order valence-electron chi connectivity index (χ3n) is 3.51. The predicted molar refractivity (Wildman–Crippen MR) is 136 cm³/mol. The van der Waals surface area contributed by atoms with Crippen molar-refractivity contribution in [2.75, 3.05) is 19.1 Å². The maximum atomic E-state index is 12.3. The van der Waals surface area contributed by atoms with E-state index in [0.29, 0.717) is 26.5 Å². The Hall–Kier alpha value is -1.68. The van der Waals surface area contributed by atoms with Crippen LogP contribution < -0.4 is 0 Å². The first-order valence-corrected chi connectivity index (χ1v) is 16.7. The van der Waals surface area contributed by atoms with Crippen molar-refractivity contribution in [1.29, 1.82) is 0 Å². The lowest BCUT2D eigenvalue weighted by Crippen LogP contribution is -2.33. The minimum atomic E-state index is -4.77. The second-order valence-corrected chi connectivity index (χ2v) is 14.0. The van der Waals surface area contributed by atoms with Crippen LogP contribution in [0.3, 0.4) is 0 Å². The van der Waals surface area contributed by atoms with Crippen LogP contribution in [0.25, 0.3) is 0 Å². The highest BCUT2D eigenvalue weighted by Crippen LogP contribution is 2.40. The Morgan fingerprint density at radius 3 is 1.59 bits per heavy atom. The summed E-state index contributed by atoms with van der Waals surface area (Å²) in [6.07, 6.45) is -2.79. The monoisotopic (exact) mass is 695 g/mol. The third kappa shape index (κ3) is 21.7. The first-order valence-electron chi connectivity index (χ1n) is 10.0. The summed E-state index contributed by atoms with van der Waals surface area (Å²) in [5, 5.41) is 33.4. The molecule has 1 aromatic rings. The van der Waals surface area contributed by atoms with Gasteiger partial charge in [0.2, 0.25) is 10.9 Å². The molecule has 8 N–H and O–H groups in total. The number of hydrogen-bond acceptors (Lipinski definition) is 13. The number of aliphatic hydroxyl groups is 2. The number of nitrogens with zero attached hydrogens (tertiary/aromatic N) is 1. The molecule has 1 aromatic carbocycles. The van der Waals surface area contributed by atoms with Gasteiger partial charge in [0.25, 0.3) is 0 Å². The highest BCUT2D eigenvalue weighted by molar-refractivity contribution is 8.77. The average Bonchev–Trinajstić information content (AvgIpc) is 2.75. The van der Waals surface area contributed by atoms with Crippen LogP contribution in [0.5, 0.6) is 0 Å². The van der Waals surface area contributed by atoms with Gasteiger partial charge in [-0.05, 0) is 51.0 Å². The van der Waals surface area contributed by atoms with Crippen molar-refractivity contribution in [2.24, 2.45) is 0 Å². The highest BCUT2D eigenvalue weighted by atomic mass is 33.1. The Bertz CT molecular complexity index is 1100. The Kier molecular flexibility index (Phi) is 16.7. The van der Waals surface area contributed by atoms with Crippen LogP contribution in [0, 0.1) is 0 Å². The van der Waals surface area contributed by atoms with Gasteiger partial charge in [0.05, 0.1) is 13.0 Å². The Morgan fingerprint density at radius 2 is 1.24 bits per heavy atom. The molecule has 0 bridgehead atoms. The number of esters is 2. The van der Waals surface area contributed by atoms with E-state index in [9.17, 15) is 41.5 Å². The van der Waals surface area contributed by atoms with E-state index in [-0.39, 0.29) is 22.2 Å². The molecule has 0 radical (unpaired) electrons. The fraction of sp³-hybridized carbons (Fsp3) is 0.412. The minimum absolute atomic E-state index is 0.115. The molecule has 0 heterocycles. The molecule has 0 amide bonds. The second kappa shape index (κ2) is 17.4. The summed E-state index contributed by atoms with van der Waals surface area (Å²) in [6.45, 7) is -0.983. The third-order valence-corrected chi connectivity index (χ3v) is 8.10. The van der Waals surface area contributed by atoms with E-state index in [2.05, 4.69) is 4.74 Å². The number of carboxylic acids is 2. The largest absolute Gasteiger partial charge is 0.479 e. The maximum absolute atomic E-state index is 12.3. The van der Waals surface area contributed by atoms with Gasteiger partial charge in [-0.25, -0.2) is 9.59 Å². The fourth-order valence-electron chi connectivity index (χ4n) is 2.21. The van der Waals surface area contributed by atoms with E-state index in [4.69, 9.17) is 40.0 Å². The molecule has 0 aliphatic heterocycles. The van der Waals surface area contributed by atoms with Crippen LogP contribution in [0.2, 0.25) is 0 Å². The van der Waals surface area contributed by atoms with Gasteiger partial charge in [-0.1, -0.05) is 12.1 Å². The van der Waals surface area contributed by atoms with Crippen LogP contribution in [0.1, 0.15) is 5.56 Å². The minimum Gasteiger partial charge on any atom is -0.479 e. The number of aliphatic carboxylic acids is 2. The Labute approximate surface area is 240 Å². The quantitative estimate of drug-likeness (QED) is 0.0331. The normalized spacial score (nSPS) is 13.5. The summed E-state index contributed by atoms with van der Waals surface area (Å²) in [4.78, 5) is 79.3. The highest BCUT2D eigenvalue weighted by Gasteiger charge is 2.30. The van der Waals surface area contributed by atoms with Crippen molar-refractivity contribution in [2.45, 2.75) is 27.7 Å². The van der Waals surface area contributed by atoms with Crippen molar-refractivity contribution in [3.05, 3.63) is 29.8 Å². The first kappa shape index (κ1) is 39.3. The lowest BCUT2D eigenvalue weighted by Gasteiger charge is -2.21. The molecule has 2 atom stereocenters. The summed E-state index contributed by atoms with van der Waals surface area (Å²) in [5.41, 5.74) is -7.71. The molecule has 2 unspecified atom stereocenters. The molecule has 0 saturated heterocycles. The number of carboxylic acid groups (broad SMARTS) is 2. The lowest BCUT2D eigenvalue weighted by atomic mass is 10.1. The maximum Gasteiger partial charge on any atom is 0.446 e. The molecule has 16 nitrogen and oxygen atoms in total. The molecule has 0 saturated carbocycles. The van der Waals surface area contributed by atoms with E-state index in [1.807, 2.05) is 0 Å². The van der Waals surface area contributed by atoms with Crippen molar-refractivity contribution in [1.82, 2.24) is 4.90 Å². The number of hydrogen-bond donors (Lipinski definition) is 8. The van der Waals surface area contributed by atoms with Gasteiger partial charge in [0, 0.05) is 4.90 Å². The second-order valence-electron chi connectivity index (χ2n) is 7.23. The summed E-state index contributed by atoms with van der Waals surface area (Å²) in [6, 6.07) is 4.66. The average molecular weight is 695 g/mol. The topological polar surface area (TPSA) is 277 Å². The number of thioether (sulfide) groups is 1. The number of carbonyl (C=O) groups is 4. The van der Waals surface area contributed by atoms with Gasteiger partial charge < -0.3 is 44.7 Å². The van der Waals surface area contributed by atoms with Gasteiger partial charge in [-0.15, -0.1) is 0 Å². The number of rotatable bonds is 14. The van der Waals surface area contributed by atoms with Gasteiger partial charge in [-0.3, -0.25) is 23.6 Å².